The van der Waals surface area contributed by atoms with Gasteiger partial charge in [0.05, 0.1) is 6.20 Å². The zero-order chi connectivity index (χ0) is 16.0. The molecule has 2 aliphatic heterocycles. The van der Waals surface area contributed by atoms with E-state index in [1.807, 2.05) is 0 Å². The Labute approximate surface area is 138 Å². The number of fused-ring (bicyclic) bond motifs is 1. The van der Waals surface area contributed by atoms with E-state index < -0.39 is 12.0 Å². The standard InChI is InChI=1S/C16H20N2O4S/c19-15(12-7-17-14(23-12)11-5-2-6-22-11)18-8-9-3-1-4-10(9)13(18)16(20)21/h7,9-11,13H,1-6,8H2,(H,20,21)/t9-,10+,11+,13-/m0/s1. The number of ether oxygens (including phenoxy) is 1. The summed E-state index contributed by atoms with van der Waals surface area (Å²) in [6.45, 7) is 1.30. The number of likely N-dealkylation sites (tertiary alicyclic amines) is 1. The maximum Gasteiger partial charge on any atom is 0.326 e. The number of carboxylic acid groups (broad SMARTS) is 1. The number of hydrogen-bond acceptors (Lipinski definition) is 5. The minimum absolute atomic E-state index is 0.00483. The van der Waals surface area contributed by atoms with Crippen molar-refractivity contribution in [3.05, 3.63) is 16.1 Å². The Kier molecular flexibility index (Phi) is 3.85. The molecule has 7 heteroatoms. The fourth-order valence-corrected chi connectivity index (χ4v) is 5.24. The third kappa shape index (κ3) is 2.55. The lowest BCUT2D eigenvalue weighted by molar-refractivity contribution is -0.142. The van der Waals surface area contributed by atoms with Gasteiger partial charge in [0, 0.05) is 13.2 Å². The number of nitrogens with zero attached hydrogens (tertiary/aromatic N) is 2. The predicted molar refractivity (Wildman–Crippen MR) is 83.3 cm³/mol. The van der Waals surface area contributed by atoms with Gasteiger partial charge in [-0.25, -0.2) is 9.78 Å². The Balaban J connectivity index is 1.55. The van der Waals surface area contributed by atoms with Crippen LogP contribution < -0.4 is 0 Å². The summed E-state index contributed by atoms with van der Waals surface area (Å²) < 4.78 is 5.61. The lowest BCUT2D eigenvalue weighted by Gasteiger charge is -2.23. The lowest BCUT2D eigenvalue weighted by atomic mass is 9.94. The first-order chi connectivity index (χ1) is 11.1. The van der Waals surface area contributed by atoms with Crippen LogP contribution >= 0.6 is 11.3 Å². The number of thiazole rings is 1. The van der Waals surface area contributed by atoms with Gasteiger partial charge in [-0.15, -0.1) is 11.3 Å². The average Bonchev–Trinajstić information content (AvgIpc) is 3.26. The molecule has 3 heterocycles. The first-order valence-corrected chi connectivity index (χ1v) is 9.08. The van der Waals surface area contributed by atoms with Gasteiger partial charge < -0.3 is 14.7 Å². The van der Waals surface area contributed by atoms with Crippen LogP contribution in [0.1, 0.15) is 52.9 Å². The molecular weight excluding hydrogens is 316 g/mol. The van der Waals surface area contributed by atoms with E-state index in [4.69, 9.17) is 4.74 Å². The van der Waals surface area contributed by atoms with Crippen LogP contribution in [0.25, 0.3) is 0 Å². The molecule has 1 saturated carbocycles. The van der Waals surface area contributed by atoms with Crippen molar-refractivity contribution in [1.82, 2.24) is 9.88 Å². The summed E-state index contributed by atoms with van der Waals surface area (Å²) in [4.78, 5) is 30.9. The Morgan fingerprint density at radius 3 is 2.91 bits per heavy atom. The number of carboxylic acids is 1. The highest BCUT2D eigenvalue weighted by molar-refractivity contribution is 7.13. The molecule has 1 aromatic heterocycles. The number of aliphatic carboxylic acids is 1. The van der Waals surface area contributed by atoms with E-state index in [0.717, 1.165) is 43.7 Å². The molecule has 1 amide bonds. The molecule has 23 heavy (non-hydrogen) atoms. The molecule has 0 spiro atoms. The number of aromatic nitrogens is 1. The number of amides is 1. The highest BCUT2D eigenvalue weighted by atomic mass is 32.1. The molecule has 3 aliphatic rings. The van der Waals surface area contributed by atoms with Crippen molar-refractivity contribution in [3.8, 4) is 0 Å². The normalized spacial score (nSPS) is 33.1. The Bertz CT molecular complexity index is 625. The zero-order valence-electron chi connectivity index (χ0n) is 12.8. The van der Waals surface area contributed by atoms with Crippen LogP contribution in [0.5, 0.6) is 0 Å². The Morgan fingerprint density at radius 1 is 1.30 bits per heavy atom. The summed E-state index contributed by atoms with van der Waals surface area (Å²) in [5, 5.41) is 10.4. The predicted octanol–water partition coefficient (Wildman–Crippen LogP) is 2.32. The van der Waals surface area contributed by atoms with Gasteiger partial charge in [0.2, 0.25) is 0 Å². The van der Waals surface area contributed by atoms with Crippen molar-refractivity contribution >= 4 is 23.2 Å². The van der Waals surface area contributed by atoms with Gasteiger partial charge in [0.15, 0.2) is 0 Å². The summed E-state index contributed by atoms with van der Waals surface area (Å²) in [6.07, 6.45) is 6.55. The zero-order valence-corrected chi connectivity index (χ0v) is 13.6. The van der Waals surface area contributed by atoms with Crippen molar-refractivity contribution in [2.45, 2.75) is 44.2 Å². The first-order valence-electron chi connectivity index (χ1n) is 8.26. The fraction of sp³-hybridized carbons (Fsp3) is 0.688. The minimum Gasteiger partial charge on any atom is -0.480 e. The lowest BCUT2D eigenvalue weighted by Crippen LogP contribution is -2.43. The van der Waals surface area contributed by atoms with Crippen LogP contribution in [0, 0.1) is 11.8 Å². The van der Waals surface area contributed by atoms with E-state index in [9.17, 15) is 14.7 Å². The number of carbonyl (C=O) groups is 2. The van der Waals surface area contributed by atoms with Gasteiger partial charge in [-0.05, 0) is 37.5 Å². The molecule has 1 aliphatic carbocycles. The third-order valence-electron chi connectivity index (χ3n) is 5.34. The summed E-state index contributed by atoms with van der Waals surface area (Å²) in [5.74, 6) is -0.613. The molecule has 1 N–H and O–H groups in total. The molecular formula is C16H20N2O4S. The van der Waals surface area contributed by atoms with Gasteiger partial charge in [0.1, 0.15) is 22.0 Å². The SMILES string of the molecule is O=C(O)[C@@H]1[C@@H]2CCC[C@H]2CN1C(=O)c1cnc([C@H]2CCCO2)s1. The van der Waals surface area contributed by atoms with E-state index in [1.54, 1.807) is 11.1 Å². The van der Waals surface area contributed by atoms with Gasteiger partial charge in [-0.3, -0.25) is 4.79 Å². The van der Waals surface area contributed by atoms with Crippen LogP contribution in [0.15, 0.2) is 6.20 Å². The summed E-state index contributed by atoms with van der Waals surface area (Å²) in [6, 6.07) is -0.678. The number of hydrogen-bond donors (Lipinski definition) is 1. The molecule has 0 radical (unpaired) electrons. The number of rotatable bonds is 3. The molecule has 0 aromatic carbocycles. The second-order valence-corrected chi connectivity index (χ2v) is 7.72. The third-order valence-corrected chi connectivity index (χ3v) is 6.42. The summed E-state index contributed by atoms with van der Waals surface area (Å²) >= 11 is 1.35. The minimum atomic E-state index is -0.878. The summed E-state index contributed by atoms with van der Waals surface area (Å²) in [5.41, 5.74) is 0. The molecule has 0 bridgehead atoms. The molecule has 4 rings (SSSR count). The van der Waals surface area contributed by atoms with Crippen molar-refractivity contribution in [3.63, 3.8) is 0 Å². The van der Waals surface area contributed by atoms with Gasteiger partial charge in [-0.1, -0.05) is 6.42 Å². The van der Waals surface area contributed by atoms with Gasteiger partial charge in [-0.2, -0.15) is 0 Å². The van der Waals surface area contributed by atoms with E-state index in [2.05, 4.69) is 4.98 Å². The van der Waals surface area contributed by atoms with Crippen molar-refractivity contribution < 1.29 is 19.4 Å². The van der Waals surface area contributed by atoms with Gasteiger partial charge in [0.25, 0.3) is 5.91 Å². The van der Waals surface area contributed by atoms with Crippen LogP contribution in [-0.4, -0.2) is 46.1 Å². The maximum absolute atomic E-state index is 12.8. The largest absolute Gasteiger partial charge is 0.480 e. The topological polar surface area (TPSA) is 79.7 Å². The van der Waals surface area contributed by atoms with Crippen LogP contribution in [0.2, 0.25) is 0 Å². The molecule has 1 aromatic rings. The first kappa shape index (κ1) is 15.1. The van der Waals surface area contributed by atoms with E-state index in [0.29, 0.717) is 17.3 Å². The molecule has 6 nitrogen and oxygen atoms in total. The van der Waals surface area contributed by atoms with E-state index >= 15 is 0 Å². The molecule has 3 fully saturated rings. The summed E-state index contributed by atoms with van der Waals surface area (Å²) in [7, 11) is 0. The maximum atomic E-state index is 12.8. The van der Waals surface area contributed by atoms with Crippen LogP contribution in [-0.2, 0) is 9.53 Å². The molecule has 2 saturated heterocycles. The monoisotopic (exact) mass is 336 g/mol. The van der Waals surface area contributed by atoms with E-state index in [1.165, 1.54) is 11.3 Å². The number of carbonyl (C=O) groups excluding carboxylic acids is 1. The average molecular weight is 336 g/mol. The second kappa shape index (κ2) is 5.87. The second-order valence-electron chi connectivity index (χ2n) is 6.66. The smallest absolute Gasteiger partial charge is 0.326 e. The molecule has 124 valence electrons. The van der Waals surface area contributed by atoms with Crippen molar-refractivity contribution in [2.75, 3.05) is 13.2 Å². The fourth-order valence-electron chi connectivity index (χ4n) is 4.28. The van der Waals surface area contributed by atoms with Gasteiger partial charge >= 0.3 is 5.97 Å². The Hall–Kier alpha value is -1.47. The van der Waals surface area contributed by atoms with Crippen LogP contribution in [0.3, 0.4) is 0 Å². The van der Waals surface area contributed by atoms with E-state index in [-0.39, 0.29) is 17.9 Å². The van der Waals surface area contributed by atoms with Crippen LogP contribution in [0.4, 0.5) is 0 Å². The van der Waals surface area contributed by atoms with Crippen molar-refractivity contribution in [2.24, 2.45) is 11.8 Å². The quantitative estimate of drug-likeness (QED) is 0.916. The van der Waals surface area contributed by atoms with Crippen molar-refractivity contribution in [1.29, 1.82) is 0 Å². The highest BCUT2D eigenvalue weighted by Crippen LogP contribution is 2.43. The highest BCUT2D eigenvalue weighted by Gasteiger charge is 2.49. The molecule has 0 unspecified atom stereocenters. The molecule has 4 atom stereocenters. The Morgan fingerprint density at radius 2 is 2.17 bits per heavy atom.